The Morgan fingerprint density at radius 2 is 1.86 bits per heavy atom. The van der Waals surface area contributed by atoms with Gasteiger partial charge in [0, 0.05) is 13.1 Å². The zero-order valence-electron chi connectivity index (χ0n) is 12.8. The lowest BCUT2D eigenvalue weighted by Crippen LogP contribution is -2.40. The maximum Gasteiger partial charge on any atom is 0.227 e. The molecular weight excluding hydrogens is 298 g/mol. The number of hydrogen-bond acceptors (Lipinski definition) is 3. The molecule has 1 amide bonds. The number of carbonyl (C=O) groups excluding carboxylic acids is 1. The number of amides is 1. The second-order valence-corrected chi connectivity index (χ2v) is 8.83. The van der Waals surface area contributed by atoms with Gasteiger partial charge in [-0.1, -0.05) is 36.8 Å². The molecule has 1 aromatic rings. The van der Waals surface area contributed by atoms with E-state index in [0.717, 1.165) is 12.1 Å². The molecule has 5 heteroatoms. The lowest BCUT2D eigenvalue weighted by molar-refractivity contribution is -0.136. The van der Waals surface area contributed by atoms with Gasteiger partial charge in [-0.05, 0) is 30.7 Å². The number of hydrogen-bond donors (Lipinski definition) is 0. The first-order valence-corrected chi connectivity index (χ1v) is 9.89. The van der Waals surface area contributed by atoms with Gasteiger partial charge >= 0.3 is 0 Å². The van der Waals surface area contributed by atoms with Crippen LogP contribution in [0.5, 0.6) is 0 Å². The molecule has 3 rings (SSSR count). The van der Waals surface area contributed by atoms with Crippen LogP contribution in [0.4, 0.5) is 0 Å². The van der Waals surface area contributed by atoms with E-state index in [1.165, 1.54) is 19.3 Å². The van der Waals surface area contributed by atoms with Crippen molar-refractivity contribution in [1.29, 1.82) is 0 Å². The van der Waals surface area contributed by atoms with Crippen molar-refractivity contribution in [3.05, 3.63) is 35.9 Å². The normalized spacial score (nSPS) is 23.9. The van der Waals surface area contributed by atoms with E-state index in [0.29, 0.717) is 18.9 Å². The second-order valence-electron chi connectivity index (χ2n) is 6.60. The summed E-state index contributed by atoms with van der Waals surface area (Å²) in [7, 11) is -3.01. The Morgan fingerprint density at radius 3 is 2.41 bits per heavy atom. The van der Waals surface area contributed by atoms with Gasteiger partial charge in [0.2, 0.25) is 5.91 Å². The van der Waals surface area contributed by atoms with Crippen molar-refractivity contribution in [2.75, 3.05) is 18.1 Å². The Hall–Kier alpha value is -1.36. The van der Waals surface area contributed by atoms with Crippen LogP contribution in [0.25, 0.3) is 0 Å². The topological polar surface area (TPSA) is 54.5 Å². The van der Waals surface area contributed by atoms with Crippen LogP contribution in [0.1, 0.15) is 31.2 Å². The summed E-state index contributed by atoms with van der Waals surface area (Å²) in [6, 6.07) is 9.95. The Labute approximate surface area is 132 Å². The minimum Gasteiger partial charge on any atom is -0.338 e. The fourth-order valence-electron chi connectivity index (χ4n) is 3.27. The quantitative estimate of drug-likeness (QED) is 0.836. The molecule has 1 aliphatic carbocycles. The maximum atomic E-state index is 12.8. The van der Waals surface area contributed by atoms with Gasteiger partial charge in [0.15, 0.2) is 9.84 Å². The molecule has 0 aromatic heterocycles. The molecule has 1 heterocycles. The highest BCUT2D eigenvalue weighted by Crippen LogP contribution is 2.29. The number of benzene rings is 1. The standard InChI is InChI=1S/C17H23NO3S/c19-17(16-9-10-22(20,21)13-16)18(12-15-7-4-8-15)11-14-5-2-1-3-6-14/h1-3,5-6,15-16H,4,7-13H2/t16-/m0/s1. The third-order valence-electron chi connectivity index (χ3n) is 4.81. The van der Waals surface area contributed by atoms with Gasteiger partial charge in [-0.3, -0.25) is 4.79 Å². The number of rotatable bonds is 5. The molecule has 1 saturated carbocycles. The van der Waals surface area contributed by atoms with E-state index in [4.69, 9.17) is 0 Å². The lowest BCUT2D eigenvalue weighted by atomic mass is 9.85. The molecule has 1 aromatic carbocycles. The lowest BCUT2D eigenvalue weighted by Gasteiger charge is -2.33. The molecule has 120 valence electrons. The van der Waals surface area contributed by atoms with E-state index >= 15 is 0 Å². The molecule has 2 fully saturated rings. The smallest absolute Gasteiger partial charge is 0.227 e. The van der Waals surface area contributed by atoms with Crippen molar-refractivity contribution in [1.82, 2.24) is 4.90 Å². The molecular formula is C17H23NO3S. The zero-order valence-corrected chi connectivity index (χ0v) is 13.6. The molecule has 4 nitrogen and oxygen atoms in total. The van der Waals surface area contributed by atoms with Crippen molar-refractivity contribution >= 4 is 15.7 Å². The predicted molar refractivity (Wildman–Crippen MR) is 86.0 cm³/mol. The Morgan fingerprint density at radius 1 is 1.14 bits per heavy atom. The van der Waals surface area contributed by atoms with Crippen LogP contribution in [0, 0.1) is 11.8 Å². The van der Waals surface area contributed by atoms with Gasteiger partial charge in [0.25, 0.3) is 0 Å². The molecule has 0 spiro atoms. The van der Waals surface area contributed by atoms with Gasteiger partial charge in [0.05, 0.1) is 17.4 Å². The van der Waals surface area contributed by atoms with Gasteiger partial charge < -0.3 is 4.90 Å². The summed E-state index contributed by atoms with van der Waals surface area (Å²) < 4.78 is 23.3. The Balaban J connectivity index is 1.71. The average Bonchev–Trinajstić information content (AvgIpc) is 2.82. The summed E-state index contributed by atoms with van der Waals surface area (Å²) in [5.41, 5.74) is 1.11. The van der Waals surface area contributed by atoms with E-state index < -0.39 is 9.84 Å². The number of nitrogens with zero attached hydrogens (tertiary/aromatic N) is 1. The van der Waals surface area contributed by atoms with Crippen LogP contribution in [-0.2, 0) is 21.2 Å². The van der Waals surface area contributed by atoms with Crippen molar-refractivity contribution in [2.45, 2.75) is 32.2 Å². The van der Waals surface area contributed by atoms with Gasteiger partial charge in [-0.2, -0.15) is 0 Å². The van der Waals surface area contributed by atoms with Crippen LogP contribution < -0.4 is 0 Å². The van der Waals surface area contributed by atoms with E-state index in [2.05, 4.69) is 0 Å². The van der Waals surface area contributed by atoms with Crippen molar-refractivity contribution in [3.63, 3.8) is 0 Å². The monoisotopic (exact) mass is 321 g/mol. The van der Waals surface area contributed by atoms with Gasteiger partial charge in [-0.25, -0.2) is 8.42 Å². The fraction of sp³-hybridized carbons (Fsp3) is 0.588. The molecule has 1 saturated heterocycles. The summed E-state index contributed by atoms with van der Waals surface area (Å²) in [6.07, 6.45) is 4.09. The molecule has 2 aliphatic rings. The molecule has 22 heavy (non-hydrogen) atoms. The summed E-state index contributed by atoms with van der Waals surface area (Å²) in [5, 5.41) is 0. The first-order chi connectivity index (χ1) is 10.5. The predicted octanol–water partition coefficient (Wildman–Crippen LogP) is 2.25. The van der Waals surface area contributed by atoms with Gasteiger partial charge in [0.1, 0.15) is 0 Å². The van der Waals surface area contributed by atoms with Gasteiger partial charge in [-0.15, -0.1) is 0 Å². The van der Waals surface area contributed by atoms with Crippen LogP contribution in [0.3, 0.4) is 0 Å². The van der Waals surface area contributed by atoms with Crippen LogP contribution in [0.15, 0.2) is 30.3 Å². The maximum absolute atomic E-state index is 12.8. The minimum atomic E-state index is -3.01. The van der Waals surface area contributed by atoms with Crippen molar-refractivity contribution in [3.8, 4) is 0 Å². The van der Waals surface area contributed by atoms with Crippen LogP contribution in [0.2, 0.25) is 0 Å². The highest BCUT2D eigenvalue weighted by molar-refractivity contribution is 7.91. The van der Waals surface area contributed by atoms with E-state index in [1.54, 1.807) is 0 Å². The average molecular weight is 321 g/mol. The van der Waals surface area contributed by atoms with E-state index in [-0.39, 0.29) is 23.3 Å². The summed E-state index contributed by atoms with van der Waals surface area (Å²) in [6.45, 7) is 1.36. The largest absolute Gasteiger partial charge is 0.338 e. The zero-order chi connectivity index (χ0) is 15.6. The second kappa shape index (κ2) is 6.41. The highest BCUT2D eigenvalue weighted by atomic mass is 32.2. The summed E-state index contributed by atoms with van der Waals surface area (Å²) >= 11 is 0. The molecule has 1 aliphatic heterocycles. The third-order valence-corrected chi connectivity index (χ3v) is 6.58. The molecule has 0 unspecified atom stereocenters. The van der Waals surface area contributed by atoms with Crippen LogP contribution in [-0.4, -0.2) is 37.3 Å². The van der Waals surface area contributed by atoms with Crippen LogP contribution >= 0.6 is 0 Å². The van der Waals surface area contributed by atoms with Crippen molar-refractivity contribution in [2.24, 2.45) is 11.8 Å². The van der Waals surface area contributed by atoms with E-state index in [1.807, 2.05) is 35.2 Å². The molecule has 0 radical (unpaired) electrons. The highest BCUT2D eigenvalue weighted by Gasteiger charge is 2.36. The fourth-order valence-corrected chi connectivity index (χ4v) is 5.00. The third kappa shape index (κ3) is 3.69. The molecule has 0 N–H and O–H groups in total. The number of carbonyl (C=O) groups is 1. The summed E-state index contributed by atoms with van der Waals surface area (Å²) in [4.78, 5) is 14.7. The number of sulfone groups is 1. The molecule has 0 bridgehead atoms. The Bertz CT molecular complexity index is 623. The molecule has 1 atom stereocenters. The SMILES string of the molecule is O=C([C@H]1CCS(=O)(=O)C1)N(Cc1ccccc1)CC1CCC1. The first-order valence-electron chi connectivity index (χ1n) is 8.07. The summed E-state index contributed by atoms with van der Waals surface area (Å²) in [5.74, 6) is 0.463. The van der Waals surface area contributed by atoms with Crippen molar-refractivity contribution < 1.29 is 13.2 Å². The minimum absolute atomic E-state index is 0.0248. The first kappa shape index (κ1) is 15.5. The Kier molecular flexibility index (Phi) is 4.52. The van der Waals surface area contributed by atoms with E-state index in [9.17, 15) is 13.2 Å².